The molecule has 0 aliphatic carbocycles. The van der Waals surface area contributed by atoms with Crippen molar-refractivity contribution in [3.63, 3.8) is 0 Å². The topological polar surface area (TPSA) is 20.2 Å². The minimum atomic E-state index is -0.157. The summed E-state index contributed by atoms with van der Waals surface area (Å²) in [7, 11) is 0. The van der Waals surface area contributed by atoms with Gasteiger partial charge in [0.1, 0.15) is 0 Å². The highest BCUT2D eigenvalue weighted by Gasteiger charge is 2.00. The van der Waals surface area contributed by atoms with Crippen LogP contribution in [0, 0.1) is 18.3 Å². The molecular formula is C7H10O. The molecule has 1 N–H and O–H groups in total. The third kappa shape index (κ3) is 1.81. The largest absolute Gasteiger partial charge is 0.395 e. The highest BCUT2D eigenvalue weighted by Crippen LogP contribution is 2.03. The fraction of sp³-hybridized carbons (Fsp3) is 0.429. The lowest BCUT2D eigenvalue weighted by molar-refractivity contribution is 0.273. The zero-order valence-electron chi connectivity index (χ0n) is 5.02. The van der Waals surface area contributed by atoms with Gasteiger partial charge in [-0.05, 0) is 6.92 Å². The normalized spacial score (nSPS) is 12.1. The van der Waals surface area contributed by atoms with Crippen LogP contribution in [-0.2, 0) is 0 Å². The van der Waals surface area contributed by atoms with Crippen LogP contribution in [0.15, 0.2) is 12.2 Å². The molecule has 0 amide bonds. The Morgan fingerprint density at radius 3 is 2.50 bits per heavy atom. The van der Waals surface area contributed by atoms with Crippen molar-refractivity contribution < 1.29 is 5.11 Å². The van der Waals surface area contributed by atoms with E-state index in [-0.39, 0.29) is 12.5 Å². The van der Waals surface area contributed by atoms with Crippen molar-refractivity contribution in [2.24, 2.45) is 5.92 Å². The number of hydrogen-bond acceptors (Lipinski definition) is 1. The molecule has 0 heterocycles. The maximum atomic E-state index is 8.49. The second kappa shape index (κ2) is 3.29. The molecule has 8 heavy (non-hydrogen) atoms. The summed E-state index contributed by atoms with van der Waals surface area (Å²) in [6, 6.07) is 0. The lowest BCUT2D eigenvalue weighted by Gasteiger charge is -2.02. The SMILES string of the molecule is C#CC(CO)C(=C)C. The van der Waals surface area contributed by atoms with E-state index in [2.05, 4.69) is 12.5 Å². The molecule has 1 heteroatoms. The summed E-state index contributed by atoms with van der Waals surface area (Å²) in [5, 5.41) is 8.49. The minimum Gasteiger partial charge on any atom is -0.395 e. The highest BCUT2D eigenvalue weighted by molar-refractivity contribution is 5.10. The number of rotatable bonds is 2. The van der Waals surface area contributed by atoms with Crippen LogP contribution >= 0.6 is 0 Å². The second-order valence-corrected chi connectivity index (χ2v) is 1.75. The zero-order valence-corrected chi connectivity index (χ0v) is 5.02. The van der Waals surface area contributed by atoms with Crippen molar-refractivity contribution in [1.29, 1.82) is 0 Å². The second-order valence-electron chi connectivity index (χ2n) is 1.75. The molecule has 0 bridgehead atoms. The molecule has 0 rings (SSSR count). The lowest BCUT2D eigenvalue weighted by atomic mass is 10.1. The number of hydrogen-bond donors (Lipinski definition) is 1. The molecule has 0 radical (unpaired) electrons. The average Bonchev–Trinajstić information content (AvgIpc) is 1.69. The van der Waals surface area contributed by atoms with Gasteiger partial charge in [-0.3, -0.25) is 0 Å². The molecule has 0 fully saturated rings. The van der Waals surface area contributed by atoms with Crippen molar-refractivity contribution >= 4 is 0 Å². The Hall–Kier alpha value is -0.740. The molecule has 0 aromatic carbocycles. The third-order valence-corrected chi connectivity index (χ3v) is 0.979. The quantitative estimate of drug-likeness (QED) is 0.412. The summed E-state index contributed by atoms with van der Waals surface area (Å²) in [4.78, 5) is 0. The molecule has 44 valence electrons. The van der Waals surface area contributed by atoms with E-state index in [0.29, 0.717) is 0 Å². The van der Waals surface area contributed by atoms with Gasteiger partial charge in [0.15, 0.2) is 0 Å². The van der Waals surface area contributed by atoms with Gasteiger partial charge in [0.25, 0.3) is 0 Å². The number of aliphatic hydroxyl groups excluding tert-OH is 1. The molecular weight excluding hydrogens is 100 g/mol. The van der Waals surface area contributed by atoms with Crippen molar-refractivity contribution in [1.82, 2.24) is 0 Å². The predicted molar refractivity (Wildman–Crippen MR) is 34.2 cm³/mol. The lowest BCUT2D eigenvalue weighted by Crippen LogP contribution is -2.02. The Morgan fingerprint density at radius 2 is 2.50 bits per heavy atom. The first-order valence-electron chi connectivity index (χ1n) is 2.44. The molecule has 1 atom stereocenters. The zero-order chi connectivity index (χ0) is 6.57. The predicted octanol–water partition coefficient (Wildman–Crippen LogP) is 0.804. The van der Waals surface area contributed by atoms with Crippen LogP contribution in [0.3, 0.4) is 0 Å². The van der Waals surface area contributed by atoms with Crippen molar-refractivity contribution in [3.05, 3.63) is 12.2 Å². The Balaban J connectivity index is 3.76. The molecule has 0 aliphatic rings. The molecule has 1 unspecified atom stereocenters. The molecule has 0 saturated heterocycles. The van der Waals surface area contributed by atoms with Gasteiger partial charge in [0.05, 0.1) is 12.5 Å². The Morgan fingerprint density at radius 1 is 2.00 bits per heavy atom. The number of terminal acetylenes is 1. The smallest absolute Gasteiger partial charge is 0.0635 e. The van der Waals surface area contributed by atoms with Gasteiger partial charge in [0, 0.05) is 0 Å². The number of aliphatic hydroxyl groups is 1. The molecule has 0 aromatic heterocycles. The summed E-state index contributed by atoms with van der Waals surface area (Å²) in [6.45, 7) is 5.41. The van der Waals surface area contributed by atoms with Gasteiger partial charge in [-0.2, -0.15) is 0 Å². The van der Waals surface area contributed by atoms with Crippen LogP contribution in [0.5, 0.6) is 0 Å². The van der Waals surface area contributed by atoms with Gasteiger partial charge < -0.3 is 5.11 Å². The van der Waals surface area contributed by atoms with Gasteiger partial charge in [-0.15, -0.1) is 6.42 Å². The van der Waals surface area contributed by atoms with Gasteiger partial charge in [-0.1, -0.05) is 18.1 Å². The van der Waals surface area contributed by atoms with E-state index in [4.69, 9.17) is 11.5 Å². The van der Waals surface area contributed by atoms with Gasteiger partial charge in [-0.25, -0.2) is 0 Å². The molecule has 0 aliphatic heterocycles. The van der Waals surface area contributed by atoms with Gasteiger partial charge in [0.2, 0.25) is 0 Å². The van der Waals surface area contributed by atoms with Gasteiger partial charge >= 0.3 is 0 Å². The fourth-order valence-corrected chi connectivity index (χ4v) is 0.351. The fourth-order valence-electron chi connectivity index (χ4n) is 0.351. The minimum absolute atomic E-state index is 0.00579. The van der Waals surface area contributed by atoms with E-state index < -0.39 is 0 Å². The maximum Gasteiger partial charge on any atom is 0.0635 e. The van der Waals surface area contributed by atoms with Crippen molar-refractivity contribution in [2.45, 2.75) is 6.92 Å². The first-order valence-corrected chi connectivity index (χ1v) is 2.44. The monoisotopic (exact) mass is 110 g/mol. The van der Waals surface area contributed by atoms with Crippen LogP contribution in [-0.4, -0.2) is 11.7 Å². The third-order valence-electron chi connectivity index (χ3n) is 0.979. The van der Waals surface area contributed by atoms with Crippen molar-refractivity contribution in [3.8, 4) is 12.3 Å². The maximum absolute atomic E-state index is 8.49. The Labute approximate surface area is 50.0 Å². The van der Waals surface area contributed by atoms with Crippen LogP contribution in [0.2, 0.25) is 0 Å². The summed E-state index contributed by atoms with van der Waals surface area (Å²) >= 11 is 0. The summed E-state index contributed by atoms with van der Waals surface area (Å²) < 4.78 is 0. The van der Waals surface area contributed by atoms with Crippen LogP contribution in [0.1, 0.15) is 6.92 Å². The van der Waals surface area contributed by atoms with Crippen LogP contribution in [0.25, 0.3) is 0 Å². The summed E-state index contributed by atoms with van der Waals surface area (Å²) in [6.07, 6.45) is 5.01. The van der Waals surface area contributed by atoms with E-state index >= 15 is 0 Å². The molecule has 0 aromatic rings. The van der Waals surface area contributed by atoms with E-state index in [1.54, 1.807) is 6.92 Å². The summed E-state index contributed by atoms with van der Waals surface area (Å²) in [5.41, 5.74) is 0.843. The molecule has 1 nitrogen and oxygen atoms in total. The molecule has 0 spiro atoms. The Kier molecular flexibility index (Phi) is 2.98. The van der Waals surface area contributed by atoms with E-state index in [0.717, 1.165) is 5.57 Å². The van der Waals surface area contributed by atoms with E-state index in [9.17, 15) is 0 Å². The van der Waals surface area contributed by atoms with E-state index in [1.807, 2.05) is 0 Å². The standard InChI is InChI=1S/C7H10O/c1-4-7(5-8)6(2)3/h1,7-8H,2,5H2,3H3. The van der Waals surface area contributed by atoms with E-state index in [1.165, 1.54) is 0 Å². The average molecular weight is 110 g/mol. The van der Waals surface area contributed by atoms with Crippen LogP contribution < -0.4 is 0 Å². The summed E-state index contributed by atoms with van der Waals surface area (Å²) in [5.74, 6) is 2.24. The molecule has 0 saturated carbocycles. The Bertz CT molecular complexity index is 119. The highest BCUT2D eigenvalue weighted by atomic mass is 16.3. The first-order chi connectivity index (χ1) is 3.72. The first kappa shape index (κ1) is 7.26. The van der Waals surface area contributed by atoms with Crippen molar-refractivity contribution in [2.75, 3.05) is 6.61 Å². The van der Waals surface area contributed by atoms with Crippen LogP contribution in [0.4, 0.5) is 0 Å².